The van der Waals surface area contributed by atoms with Gasteiger partial charge >= 0.3 is 0 Å². The number of rotatable bonds is 69. The Labute approximate surface area is 851 Å². The van der Waals surface area contributed by atoms with Crippen LogP contribution in [0.5, 0.6) is 0 Å². The minimum atomic E-state index is -0.262. The fraction of sp³-hybridized carbons (Fsp3) is 0.875. The Balaban J connectivity index is 0.000000939. The molecule has 10 amide bonds. The van der Waals surface area contributed by atoms with Crippen LogP contribution in [0.4, 0.5) is 0 Å². The van der Waals surface area contributed by atoms with Crippen LogP contribution in [0, 0.1) is 17.8 Å². The van der Waals surface area contributed by atoms with Crippen LogP contribution in [0.25, 0.3) is 0 Å². The fourth-order valence-corrected chi connectivity index (χ4v) is 17.9. The fourth-order valence-electron chi connectivity index (χ4n) is 15.9. The summed E-state index contributed by atoms with van der Waals surface area (Å²) in [6.45, 7) is 63.4. The maximum atomic E-state index is 13.0. The van der Waals surface area contributed by atoms with E-state index in [0.717, 1.165) is 50.2 Å². The van der Waals surface area contributed by atoms with Crippen molar-refractivity contribution in [1.29, 1.82) is 0 Å². The number of carbonyl (C=O) groups is 13. The molecular formula is C104H195N13O21S2. The normalized spacial score (nSPS) is 18.4. The van der Waals surface area contributed by atoms with Crippen LogP contribution in [-0.2, 0) is 100 Å². The molecule has 34 nitrogen and oxygen atoms in total. The second-order valence-corrected chi connectivity index (χ2v) is 44.1. The number of likely N-dealkylation sites (tertiary alicyclic amines) is 4. The van der Waals surface area contributed by atoms with Crippen LogP contribution in [0.2, 0.25) is 0 Å². The number of ketones is 3. The number of ether oxygens (including phenoxy) is 8. The molecule has 0 saturated carbocycles. The van der Waals surface area contributed by atoms with Crippen molar-refractivity contribution in [3.05, 3.63) is 0 Å². The van der Waals surface area contributed by atoms with Crippen molar-refractivity contribution in [3.8, 4) is 0 Å². The Morgan fingerprint density at radius 1 is 0.300 bits per heavy atom. The predicted octanol–water partition coefficient (Wildman–Crippen LogP) is 11.7. The Kier molecular flexibility index (Phi) is 71.3. The highest BCUT2D eigenvalue weighted by Gasteiger charge is 2.41. The number of nitrogens with zero attached hydrogens (tertiary/aromatic N) is 5. The van der Waals surface area contributed by atoms with Gasteiger partial charge in [0.2, 0.25) is 59.1 Å². The zero-order valence-electron chi connectivity index (χ0n) is 91.7. The molecule has 0 unspecified atom stereocenters. The summed E-state index contributed by atoms with van der Waals surface area (Å²) in [4.78, 5) is 169. The third-order valence-corrected chi connectivity index (χ3v) is 25.7. The topological polar surface area (TPSA) is 408 Å². The second-order valence-electron chi connectivity index (χ2n) is 41.4. The van der Waals surface area contributed by atoms with Crippen molar-refractivity contribution in [2.45, 2.75) is 450 Å². The van der Waals surface area contributed by atoms with Gasteiger partial charge in [0, 0.05) is 177 Å². The average molecular weight is 2030 g/mol. The van der Waals surface area contributed by atoms with Gasteiger partial charge < -0.3 is 100 Å². The third kappa shape index (κ3) is 64.1. The number of Topliss-reactive ketones (excluding diaryl/α,β-unsaturated/α-hetero) is 3. The minimum Gasteiger partial charge on any atom is -0.377 e. The number of hydrogen-bond donors (Lipinski definition) is 8. The first-order valence-electron chi connectivity index (χ1n) is 52.8. The molecule has 4 rings (SSSR count). The molecule has 140 heavy (non-hydrogen) atoms. The molecule has 4 aliphatic heterocycles. The number of amides is 10. The highest BCUT2D eigenvalue weighted by Crippen LogP contribution is 2.30. The van der Waals surface area contributed by atoms with E-state index in [9.17, 15) is 62.3 Å². The van der Waals surface area contributed by atoms with Crippen LogP contribution in [0.15, 0.2) is 0 Å². The van der Waals surface area contributed by atoms with E-state index >= 15 is 0 Å². The monoisotopic (exact) mass is 2030 g/mol. The third-order valence-electron chi connectivity index (χ3n) is 23.2. The van der Waals surface area contributed by atoms with E-state index in [2.05, 4.69) is 56.4 Å². The van der Waals surface area contributed by atoms with Gasteiger partial charge in [-0.25, -0.2) is 0 Å². The lowest BCUT2D eigenvalue weighted by molar-refractivity contribution is -0.134. The van der Waals surface area contributed by atoms with Gasteiger partial charge in [0.1, 0.15) is 17.3 Å². The van der Waals surface area contributed by atoms with E-state index in [1.807, 2.05) is 200 Å². The van der Waals surface area contributed by atoms with Crippen molar-refractivity contribution < 1.29 is 100 Å². The Morgan fingerprint density at radius 2 is 0.586 bits per heavy atom. The van der Waals surface area contributed by atoms with Gasteiger partial charge in [0.25, 0.3) is 0 Å². The summed E-state index contributed by atoms with van der Waals surface area (Å²) in [5.74, 6) is 1.77. The largest absolute Gasteiger partial charge is 0.377 e. The molecule has 0 aromatic rings. The summed E-state index contributed by atoms with van der Waals surface area (Å²) in [7, 11) is 3.42. The van der Waals surface area contributed by atoms with Gasteiger partial charge in [-0.2, -0.15) is 0 Å². The first-order chi connectivity index (χ1) is 65.9. The summed E-state index contributed by atoms with van der Waals surface area (Å²) < 4.78 is 46.9. The second kappa shape index (κ2) is 75.6. The summed E-state index contributed by atoms with van der Waals surface area (Å²) >= 11 is 0. The number of hydrogen-bond acceptors (Lipinski definition) is 26. The van der Waals surface area contributed by atoms with Crippen molar-refractivity contribution in [2.75, 3.05) is 123 Å². The molecule has 0 radical (unpaired) electrons. The first-order valence-corrected chi connectivity index (χ1v) is 55.3. The molecule has 9 atom stereocenters. The number of carbonyl (C=O) groups excluding carboxylic acids is 13. The highest BCUT2D eigenvalue weighted by atomic mass is 33.1. The van der Waals surface area contributed by atoms with E-state index in [-0.39, 0.29) is 242 Å². The molecule has 0 aromatic heterocycles. The summed E-state index contributed by atoms with van der Waals surface area (Å²) in [6, 6.07) is 0.471. The molecule has 4 heterocycles. The molecular weight excluding hydrogens is 1830 g/mol. The van der Waals surface area contributed by atoms with Gasteiger partial charge in [-0.3, -0.25) is 67.2 Å². The molecule has 0 aliphatic carbocycles. The summed E-state index contributed by atoms with van der Waals surface area (Å²) in [6.07, 6.45) is 12.1. The minimum absolute atomic E-state index is 0.000295. The van der Waals surface area contributed by atoms with E-state index in [0.29, 0.717) is 181 Å². The van der Waals surface area contributed by atoms with E-state index in [1.54, 1.807) is 26.5 Å². The van der Waals surface area contributed by atoms with Gasteiger partial charge in [-0.1, -0.05) is 90.8 Å². The van der Waals surface area contributed by atoms with Gasteiger partial charge in [-0.15, -0.1) is 0 Å². The van der Waals surface area contributed by atoms with Gasteiger partial charge in [-0.05, 0) is 202 Å². The molecule has 0 aromatic carbocycles. The Morgan fingerprint density at radius 3 is 0.893 bits per heavy atom. The average Bonchev–Trinajstić information content (AvgIpc) is 1.71. The van der Waals surface area contributed by atoms with Crippen LogP contribution in [0.3, 0.4) is 0 Å². The van der Waals surface area contributed by atoms with E-state index < -0.39 is 0 Å². The van der Waals surface area contributed by atoms with Crippen LogP contribution in [-0.4, -0.2) is 346 Å². The summed E-state index contributed by atoms with van der Waals surface area (Å²) in [5.41, 5.74) is 0. The highest BCUT2D eigenvalue weighted by molar-refractivity contribution is 8.76. The lowest BCUT2D eigenvalue weighted by Crippen LogP contribution is -2.48. The quantitative estimate of drug-likeness (QED) is 0.0207. The van der Waals surface area contributed by atoms with Crippen molar-refractivity contribution in [1.82, 2.24) is 67.0 Å². The first kappa shape index (κ1) is 132. The molecule has 0 bridgehead atoms. The Bertz CT molecular complexity index is 3500. The zero-order chi connectivity index (χ0) is 106. The maximum Gasteiger partial charge on any atom is 0.237 e. The molecule has 4 fully saturated rings. The summed E-state index contributed by atoms with van der Waals surface area (Å²) in [5, 5.41) is 23.9. The van der Waals surface area contributed by atoms with Crippen molar-refractivity contribution >= 4 is 98.0 Å². The van der Waals surface area contributed by atoms with Crippen molar-refractivity contribution in [2.24, 2.45) is 17.8 Å². The smallest absolute Gasteiger partial charge is 0.237 e. The van der Waals surface area contributed by atoms with Gasteiger partial charge in [0.05, 0.1) is 143 Å². The van der Waals surface area contributed by atoms with Gasteiger partial charge in [0.15, 0.2) is 0 Å². The lowest BCUT2D eigenvalue weighted by Gasteiger charge is -2.26. The molecule has 0 spiro atoms. The van der Waals surface area contributed by atoms with E-state index in [1.165, 1.54) is 0 Å². The molecule has 8 N–H and O–H groups in total. The van der Waals surface area contributed by atoms with Crippen LogP contribution >= 0.6 is 21.6 Å². The Hall–Kier alpha value is -6.03. The van der Waals surface area contributed by atoms with Crippen molar-refractivity contribution in [3.63, 3.8) is 0 Å². The standard InChI is InChI=1S/C29H57N5O5.C29H54N4O6.C24H44N2O5S2.C22H40N2O5/c1-20(2)30-16-13-26(33-21(3)4)29(37)32-15-9-11-27(35)31-14-10-12-28(36)34-18-25(39-23(7)8)17-24(34)19-38-22(5)6;1-20(2)26(34)11-9-13-30-27(35)17-32(21(3)4)18-28(36)31-14-10-12-29(37)33-16-25(39-23(7)8)15-24(33)19-38-22(5)6;1-17(2)22(27)9-10-23(28)25-11-13-33-32-12-7-8-24(29)26-15-21(31-19(5)6)14-20(26)16-30-18(3)4;1-15(2)20(25)9-10-21(26)23-11-7-8-22(27)24-13-19(29-17(5)6)12-18(24)14-28-16(3)4/h20-26,30,33H,9-19H2,1-8H3,(H,31,35)(H,32,37);20-25H,9-19H2,1-8H3,(H,30,35)(H,31,36);17-21H,7-16H2,1-6H3,(H,25,28);15-19H,7-14H2,1-6H3,(H,23,26)/t24-,25+,26+;24-,25+;20-,21+;18-,19+/m0000/s1. The van der Waals surface area contributed by atoms with Crippen LogP contribution in [0.1, 0.15) is 329 Å². The predicted molar refractivity (Wildman–Crippen MR) is 558 cm³/mol. The SMILES string of the molecule is CC(C)NCC[C@@H](NC(C)C)C(=O)NCCCC(=O)NCCCC(=O)N1C[C@H](OC(C)C)C[C@H]1COC(C)C.CC(C)OC[C@@H]1C[C@@H](OC(C)C)CN1C(=O)CCCNC(=O)CCC(=O)C(C)C.CC(C)OC[C@@H]1C[C@@H](OC(C)C)CN1C(=O)CCCNC(=O)CN(CC(=O)NCCCC(=O)C(C)C)C(C)C.CC(C)OC[C@@H]1C[C@@H](OC(C)C)CN1C(=O)CCCSSCCNC(=O)CCC(=O)C(C)C. The van der Waals surface area contributed by atoms with E-state index in [4.69, 9.17) is 37.9 Å². The molecule has 4 aliphatic rings. The number of nitrogens with one attached hydrogen (secondary N) is 8. The lowest BCUT2D eigenvalue weighted by atomic mass is 10.0. The van der Waals surface area contributed by atoms with Crippen LogP contribution < -0.4 is 42.5 Å². The molecule has 4 saturated heterocycles. The molecule has 36 heteroatoms. The molecule has 814 valence electrons. The maximum absolute atomic E-state index is 13.0. The zero-order valence-corrected chi connectivity index (χ0v) is 93.3.